The van der Waals surface area contributed by atoms with Crippen molar-refractivity contribution >= 4 is 11.8 Å². The Hall–Kier alpha value is -2.66. The Labute approximate surface area is 173 Å². The highest BCUT2D eigenvalue weighted by Gasteiger charge is 2.18. The van der Waals surface area contributed by atoms with Gasteiger partial charge in [-0.3, -0.25) is 14.5 Å². The van der Waals surface area contributed by atoms with Crippen molar-refractivity contribution < 1.29 is 9.59 Å². The molecule has 0 bridgehead atoms. The van der Waals surface area contributed by atoms with Crippen molar-refractivity contribution in [3.63, 3.8) is 0 Å². The minimum absolute atomic E-state index is 0.0297. The molecule has 5 nitrogen and oxygen atoms in total. The van der Waals surface area contributed by atoms with E-state index in [1.807, 2.05) is 25.1 Å². The topological polar surface area (TPSA) is 61.4 Å². The van der Waals surface area contributed by atoms with Crippen LogP contribution in [0.25, 0.3) is 0 Å². The number of hydrogen-bond acceptors (Lipinski definition) is 3. The number of aryl methyl sites for hydroxylation is 1. The highest BCUT2D eigenvalue weighted by molar-refractivity contribution is 5.97. The van der Waals surface area contributed by atoms with E-state index in [2.05, 4.69) is 46.7 Å². The van der Waals surface area contributed by atoms with E-state index in [0.717, 1.165) is 17.7 Å². The van der Waals surface area contributed by atoms with E-state index in [-0.39, 0.29) is 18.4 Å². The number of piperidine rings is 1. The van der Waals surface area contributed by atoms with Crippen LogP contribution in [0.4, 0.5) is 0 Å². The van der Waals surface area contributed by atoms with Crippen molar-refractivity contribution in [2.45, 2.75) is 52.2 Å². The van der Waals surface area contributed by atoms with Crippen molar-refractivity contribution in [1.29, 1.82) is 0 Å². The fraction of sp³-hybridized carbons (Fsp3) is 0.417. The molecule has 1 aliphatic rings. The number of likely N-dealkylation sites (tertiary alicyclic amines) is 1. The maximum absolute atomic E-state index is 12.2. The van der Waals surface area contributed by atoms with Gasteiger partial charge in [-0.2, -0.15) is 0 Å². The van der Waals surface area contributed by atoms with Crippen LogP contribution < -0.4 is 10.6 Å². The summed E-state index contributed by atoms with van der Waals surface area (Å²) in [4.78, 5) is 26.8. The highest BCUT2D eigenvalue weighted by Crippen LogP contribution is 2.19. The van der Waals surface area contributed by atoms with Crippen LogP contribution in [0, 0.1) is 6.92 Å². The normalized spacial score (nSPS) is 17.0. The predicted molar refractivity (Wildman–Crippen MR) is 116 cm³/mol. The number of nitrogens with zero attached hydrogens (tertiary/aromatic N) is 1. The van der Waals surface area contributed by atoms with Crippen molar-refractivity contribution in [2.24, 2.45) is 0 Å². The monoisotopic (exact) mass is 393 g/mol. The van der Waals surface area contributed by atoms with Crippen LogP contribution >= 0.6 is 0 Å². The lowest BCUT2D eigenvalue weighted by Crippen LogP contribution is -2.37. The molecular formula is C24H31N3O2. The Morgan fingerprint density at radius 2 is 1.72 bits per heavy atom. The second-order valence-electron chi connectivity index (χ2n) is 7.91. The first-order valence-corrected chi connectivity index (χ1v) is 10.5. The van der Waals surface area contributed by atoms with E-state index in [1.165, 1.54) is 31.4 Å². The second-order valence-corrected chi connectivity index (χ2v) is 7.91. The smallest absolute Gasteiger partial charge is 0.251 e. The Balaban J connectivity index is 1.42. The summed E-state index contributed by atoms with van der Waals surface area (Å²) in [6.07, 6.45) is 3.90. The SMILES string of the molecule is Cc1ccccc1C(=O)NCC(=O)NCc1ccc(CN2CCCCC2C)cc1. The van der Waals surface area contributed by atoms with Gasteiger partial charge in [-0.1, -0.05) is 48.9 Å². The molecule has 2 aromatic carbocycles. The van der Waals surface area contributed by atoms with Gasteiger partial charge < -0.3 is 10.6 Å². The summed E-state index contributed by atoms with van der Waals surface area (Å²) in [7, 11) is 0. The van der Waals surface area contributed by atoms with Gasteiger partial charge in [-0.25, -0.2) is 0 Å². The molecule has 1 heterocycles. The first kappa shape index (κ1) is 21.1. The summed E-state index contributed by atoms with van der Waals surface area (Å²) >= 11 is 0. The Morgan fingerprint density at radius 3 is 2.45 bits per heavy atom. The molecule has 0 saturated carbocycles. The Morgan fingerprint density at radius 1 is 1.00 bits per heavy atom. The second kappa shape index (κ2) is 10.2. The van der Waals surface area contributed by atoms with Gasteiger partial charge in [0.1, 0.15) is 0 Å². The molecule has 0 radical (unpaired) electrons. The van der Waals surface area contributed by atoms with Crippen LogP contribution in [0.3, 0.4) is 0 Å². The van der Waals surface area contributed by atoms with Crippen LogP contribution in [0.15, 0.2) is 48.5 Å². The zero-order valence-corrected chi connectivity index (χ0v) is 17.4. The van der Waals surface area contributed by atoms with Gasteiger partial charge in [0, 0.05) is 24.7 Å². The first-order valence-electron chi connectivity index (χ1n) is 10.5. The van der Waals surface area contributed by atoms with Crippen LogP contribution in [0.5, 0.6) is 0 Å². The van der Waals surface area contributed by atoms with E-state index >= 15 is 0 Å². The van der Waals surface area contributed by atoms with Crippen LogP contribution in [0.2, 0.25) is 0 Å². The molecule has 0 aromatic heterocycles. The molecule has 0 spiro atoms. The molecule has 3 rings (SSSR count). The third-order valence-corrected chi connectivity index (χ3v) is 5.64. The van der Waals surface area contributed by atoms with Gasteiger partial charge >= 0.3 is 0 Å². The average Bonchev–Trinajstić information content (AvgIpc) is 2.73. The van der Waals surface area contributed by atoms with Gasteiger partial charge in [0.15, 0.2) is 0 Å². The molecule has 1 atom stereocenters. The number of amides is 2. The fourth-order valence-electron chi connectivity index (χ4n) is 3.74. The summed E-state index contributed by atoms with van der Waals surface area (Å²) in [5.41, 5.74) is 3.85. The van der Waals surface area contributed by atoms with Crippen molar-refractivity contribution in [3.05, 3.63) is 70.8 Å². The van der Waals surface area contributed by atoms with Gasteiger partial charge in [-0.15, -0.1) is 0 Å². The van der Waals surface area contributed by atoms with Crippen LogP contribution in [-0.4, -0.2) is 35.8 Å². The Kier molecular flexibility index (Phi) is 7.42. The number of carbonyl (C=O) groups excluding carboxylic acids is 2. The third-order valence-electron chi connectivity index (χ3n) is 5.64. The minimum atomic E-state index is -0.227. The lowest BCUT2D eigenvalue weighted by atomic mass is 10.0. The largest absolute Gasteiger partial charge is 0.350 e. The number of benzene rings is 2. The molecule has 0 aliphatic carbocycles. The van der Waals surface area contributed by atoms with Gasteiger partial charge in [0.2, 0.25) is 5.91 Å². The van der Waals surface area contributed by atoms with E-state index in [9.17, 15) is 9.59 Å². The van der Waals surface area contributed by atoms with Crippen LogP contribution in [0.1, 0.15) is 53.2 Å². The molecule has 29 heavy (non-hydrogen) atoms. The quantitative estimate of drug-likeness (QED) is 0.758. The summed E-state index contributed by atoms with van der Waals surface area (Å²) < 4.78 is 0. The van der Waals surface area contributed by atoms with E-state index in [4.69, 9.17) is 0 Å². The average molecular weight is 394 g/mol. The predicted octanol–water partition coefficient (Wildman–Crippen LogP) is 3.42. The molecule has 2 N–H and O–H groups in total. The van der Waals surface area contributed by atoms with E-state index < -0.39 is 0 Å². The highest BCUT2D eigenvalue weighted by atomic mass is 16.2. The lowest BCUT2D eigenvalue weighted by molar-refractivity contribution is -0.120. The maximum Gasteiger partial charge on any atom is 0.251 e. The fourth-order valence-corrected chi connectivity index (χ4v) is 3.74. The molecule has 2 aromatic rings. The van der Waals surface area contributed by atoms with Crippen LogP contribution in [-0.2, 0) is 17.9 Å². The summed E-state index contributed by atoms with van der Waals surface area (Å²) in [6.45, 7) is 6.77. The zero-order valence-electron chi connectivity index (χ0n) is 17.4. The molecule has 1 aliphatic heterocycles. The molecule has 1 unspecified atom stereocenters. The van der Waals surface area contributed by atoms with Crippen molar-refractivity contribution in [1.82, 2.24) is 15.5 Å². The van der Waals surface area contributed by atoms with Crippen molar-refractivity contribution in [2.75, 3.05) is 13.1 Å². The third kappa shape index (κ3) is 6.16. The Bertz CT molecular complexity index is 832. The van der Waals surface area contributed by atoms with E-state index in [1.54, 1.807) is 6.07 Å². The van der Waals surface area contributed by atoms with E-state index in [0.29, 0.717) is 18.2 Å². The summed E-state index contributed by atoms with van der Waals surface area (Å²) in [6, 6.07) is 16.4. The standard InChI is InChI=1S/C24H31N3O2/c1-18-7-3-4-9-22(18)24(29)26-16-23(28)25-15-20-10-12-21(13-11-20)17-27-14-6-5-8-19(27)2/h3-4,7,9-13,19H,5-6,8,14-17H2,1-2H3,(H,25,28)(H,26,29). The zero-order chi connectivity index (χ0) is 20.6. The minimum Gasteiger partial charge on any atom is -0.350 e. The number of hydrogen-bond donors (Lipinski definition) is 2. The molecule has 1 saturated heterocycles. The molecule has 154 valence electrons. The van der Waals surface area contributed by atoms with Gasteiger partial charge in [-0.05, 0) is 56.0 Å². The molecule has 2 amide bonds. The molecule has 5 heteroatoms. The van der Waals surface area contributed by atoms with Gasteiger partial charge in [0.25, 0.3) is 5.91 Å². The first-order chi connectivity index (χ1) is 14.0. The molecule has 1 fully saturated rings. The number of nitrogens with one attached hydrogen (secondary N) is 2. The van der Waals surface area contributed by atoms with Crippen molar-refractivity contribution in [3.8, 4) is 0 Å². The number of carbonyl (C=O) groups is 2. The maximum atomic E-state index is 12.2. The lowest BCUT2D eigenvalue weighted by Gasteiger charge is -2.33. The molecular weight excluding hydrogens is 362 g/mol. The summed E-state index contributed by atoms with van der Waals surface area (Å²) in [5.74, 6) is -0.423. The summed E-state index contributed by atoms with van der Waals surface area (Å²) in [5, 5.41) is 5.54. The van der Waals surface area contributed by atoms with Gasteiger partial charge in [0.05, 0.1) is 6.54 Å². The number of rotatable bonds is 7.